The third kappa shape index (κ3) is 3.91. The van der Waals surface area contributed by atoms with Gasteiger partial charge in [-0.25, -0.2) is 0 Å². The number of carbonyl (C=O) groups is 2. The summed E-state index contributed by atoms with van der Waals surface area (Å²) in [5, 5.41) is 5.12. The highest BCUT2D eigenvalue weighted by molar-refractivity contribution is 7.10. The summed E-state index contributed by atoms with van der Waals surface area (Å²) in [4.78, 5) is 29.2. The van der Waals surface area contributed by atoms with Crippen molar-refractivity contribution in [1.29, 1.82) is 0 Å². The van der Waals surface area contributed by atoms with E-state index in [-0.39, 0.29) is 23.8 Å². The second-order valence-electron chi connectivity index (χ2n) is 6.10. The lowest BCUT2D eigenvalue weighted by Crippen LogP contribution is -2.44. The maximum Gasteiger partial charge on any atom is 0.225 e. The molecule has 2 fully saturated rings. The van der Waals surface area contributed by atoms with Crippen LogP contribution in [0.2, 0.25) is 0 Å². The van der Waals surface area contributed by atoms with Crippen molar-refractivity contribution in [2.45, 2.75) is 12.5 Å². The number of nitrogens with zero attached hydrogens (tertiary/aromatic N) is 2. The van der Waals surface area contributed by atoms with Gasteiger partial charge >= 0.3 is 0 Å². The standard InChI is InChI=1S/C16H23N3O3S/c1-18-11-12(9-15(18)20)16(21)17-10-13(14-3-2-8-23-14)19-4-6-22-7-5-19/h2-3,8,12-13H,4-7,9-11H2,1H3,(H,17,21)/t12-,13-/m1/s1. The van der Waals surface area contributed by atoms with Crippen molar-refractivity contribution in [3.8, 4) is 0 Å². The third-order valence-corrected chi connectivity index (χ3v) is 5.51. The summed E-state index contributed by atoms with van der Waals surface area (Å²) >= 11 is 1.71. The first-order valence-electron chi connectivity index (χ1n) is 8.02. The Labute approximate surface area is 140 Å². The Balaban J connectivity index is 1.60. The normalized spacial score (nSPS) is 24.0. The molecule has 3 heterocycles. The summed E-state index contributed by atoms with van der Waals surface area (Å²) in [5.41, 5.74) is 0. The van der Waals surface area contributed by atoms with Crippen LogP contribution in [0.5, 0.6) is 0 Å². The van der Waals surface area contributed by atoms with E-state index in [1.807, 2.05) is 6.07 Å². The van der Waals surface area contributed by atoms with Crippen LogP contribution in [0.3, 0.4) is 0 Å². The summed E-state index contributed by atoms with van der Waals surface area (Å²) in [6, 6.07) is 4.33. The molecule has 2 amide bonds. The number of nitrogens with one attached hydrogen (secondary N) is 1. The zero-order chi connectivity index (χ0) is 16.2. The van der Waals surface area contributed by atoms with Gasteiger partial charge in [-0.1, -0.05) is 6.07 Å². The number of thiophene rings is 1. The molecular formula is C16H23N3O3S. The maximum absolute atomic E-state index is 12.4. The Hall–Kier alpha value is -1.44. The fourth-order valence-corrected chi connectivity index (χ4v) is 4.02. The molecule has 3 rings (SSSR count). The lowest BCUT2D eigenvalue weighted by atomic mass is 10.1. The molecule has 1 N–H and O–H groups in total. The van der Waals surface area contributed by atoms with Crippen LogP contribution >= 0.6 is 11.3 Å². The number of rotatable bonds is 5. The van der Waals surface area contributed by atoms with E-state index < -0.39 is 0 Å². The van der Waals surface area contributed by atoms with Gasteiger partial charge in [0.2, 0.25) is 11.8 Å². The number of likely N-dealkylation sites (tertiary alicyclic amines) is 1. The molecule has 0 spiro atoms. The molecule has 0 unspecified atom stereocenters. The molecule has 23 heavy (non-hydrogen) atoms. The molecule has 0 aromatic carbocycles. The van der Waals surface area contributed by atoms with Crippen molar-refractivity contribution >= 4 is 23.2 Å². The van der Waals surface area contributed by atoms with Crippen molar-refractivity contribution in [3.05, 3.63) is 22.4 Å². The van der Waals surface area contributed by atoms with Gasteiger partial charge in [-0.15, -0.1) is 11.3 Å². The van der Waals surface area contributed by atoms with Crippen LogP contribution in [0, 0.1) is 5.92 Å². The number of amides is 2. The van der Waals surface area contributed by atoms with Crippen molar-refractivity contribution in [2.24, 2.45) is 5.92 Å². The van der Waals surface area contributed by atoms with Crippen molar-refractivity contribution in [3.63, 3.8) is 0 Å². The van der Waals surface area contributed by atoms with Crippen molar-refractivity contribution in [2.75, 3.05) is 46.4 Å². The largest absolute Gasteiger partial charge is 0.379 e. The van der Waals surface area contributed by atoms with Crippen LogP contribution in [0.25, 0.3) is 0 Å². The zero-order valence-corrected chi connectivity index (χ0v) is 14.2. The summed E-state index contributed by atoms with van der Waals surface area (Å²) < 4.78 is 5.43. The highest BCUT2D eigenvalue weighted by Crippen LogP contribution is 2.25. The summed E-state index contributed by atoms with van der Waals surface area (Å²) in [6.45, 7) is 4.32. The van der Waals surface area contributed by atoms with E-state index in [4.69, 9.17) is 4.74 Å². The minimum Gasteiger partial charge on any atom is -0.379 e. The molecule has 2 aliphatic rings. The lowest BCUT2D eigenvalue weighted by Gasteiger charge is -2.34. The van der Waals surface area contributed by atoms with E-state index in [9.17, 15) is 9.59 Å². The van der Waals surface area contributed by atoms with E-state index in [1.54, 1.807) is 23.3 Å². The quantitative estimate of drug-likeness (QED) is 0.860. The number of hydrogen-bond donors (Lipinski definition) is 1. The van der Waals surface area contributed by atoms with E-state index >= 15 is 0 Å². The van der Waals surface area contributed by atoms with Crippen LogP contribution in [0.4, 0.5) is 0 Å². The Kier molecular flexibility index (Phi) is 5.30. The van der Waals surface area contributed by atoms with E-state index in [1.165, 1.54) is 4.88 Å². The Morgan fingerprint density at radius 1 is 1.48 bits per heavy atom. The highest BCUT2D eigenvalue weighted by Gasteiger charge is 2.33. The maximum atomic E-state index is 12.4. The van der Waals surface area contributed by atoms with Crippen LogP contribution < -0.4 is 5.32 Å². The van der Waals surface area contributed by atoms with Gasteiger partial charge in [0.1, 0.15) is 0 Å². The molecule has 2 saturated heterocycles. The SMILES string of the molecule is CN1C[C@H](C(=O)NC[C@H](c2cccs2)N2CCOCC2)CC1=O. The van der Waals surface area contributed by atoms with Gasteiger partial charge in [0, 0.05) is 44.5 Å². The third-order valence-electron chi connectivity index (χ3n) is 4.54. The monoisotopic (exact) mass is 337 g/mol. The molecular weight excluding hydrogens is 314 g/mol. The lowest BCUT2D eigenvalue weighted by molar-refractivity contribution is -0.128. The van der Waals surface area contributed by atoms with E-state index in [0.717, 1.165) is 26.3 Å². The summed E-state index contributed by atoms with van der Waals surface area (Å²) in [5.74, 6) is -0.188. The molecule has 0 saturated carbocycles. The van der Waals surface area contributed by atoms with Gasteiger partial charge < -0.3 is 15.0 Å². The van der Waals surface area contributed by atoms with Gasteiger partial charge in [0.05, 0.1) is 25.2 Å². The Bertz CT molecular complexity index is 543. The number of morpholine rings is 1. The number of ether oxygens (including phenoxy) is 1. The molecule has 1 aromatic rings. The van der Waals surface area contributed by atoms with Crippen LogP contribution in [0.1, 0.15) is 17.3 Å². The molecule has 0 bridgehead atoms. The molecule has 0 radical (unpaired) electrons. The first-order valence-corrected chi connectivity index (χ1v) is 8.90. The van der Waals surface area contributed by atoms with Gasteiger partial charge in [0.25, 0.3) is 0 Å². The van der Waals surface area contributed by atoms with Gasteiger partial charge in [0.15, 0.2) is 0 Å². The van der Waals surface area contributed by atoms with E-state index in [0.29, 0.717) is 19.5 Å². The Morgan fingerprint density at radius 2 is 2.26 bits per heavy atom. The Morgan fingerprint density at radius 3 is 2.87 bits per heavy atom. The fraction of sp³-hybridized carbons (Fsp3) is 0.625. The molecule has 2 aliphatic heterocycles. The predicted octanol–water partition coefficient (Wildman–Crippen LogP) is 0.716. The molecule has 2 atom stereocenters. The zero-order valence-electron chi connectivity index (χ0n) is 13.4. The molecule has 126 valence electrons. The summed E-state index contributed by atoms with van der Waals surface area (Å²) in [7, 11) is 1.75. The molecule has 1 aromatic heterocycles. The van der Waals surface area contributed by atoms with Crippen LogP contribution in [0.15, 0.2) is 17.5 Å². The van der Waals surface area contributed by atoms with Crippen LogP contribution in [-0.2, 0) is 14.3 Å². The number of carbonyl (C=O) groups excluding carboxylic acids is 2. The number of hydrogen-bond acceptors (Lipinski definition) is 5. The van der Waals surface area contributed by atoms with Crippen molar-refractivity contribution in [1.82, 2.24) is 15.1 Å². The van der Waals surface area contributed by atoms with Gasteiger partial charge in [-0.05, 0) is 11.4 Å². The first kappa shape index (κ1) is 16.4. The molecule has 6 nitrogen and oxygen atoms in total. The summed E-state index contributed by atoms with van der Waals surface area (Å²) in [6.07, 6.45) is 0.323. The second-order valence-corrected chi connectivity index (χ2v) is 7.08. The molecule has 7 heteroatoms. The van der Waals surface area contributed by atoms with Crippen LogP contribution in [-0.4, -0.2) is 68.1 Å². The molecule has 0 aliphatic carbocycles. The smallest absolute Gasteiger partial charge is 0.225 e. The fourth-order valence-electron chi connectivity index (χ4n) is 3.16. The van der Waals surface area contributed by atoms with E-state index in [2.05, 4.69) is 21.7 Å². The van der Waals surface area contributed by atoms with Crippen molar-refractivity contribution < 1.29 is 14.3 Å². The first-order chi connectivity index (χ1) is 11.1. The highest BCUT2D eigenvalue weighted by atomic mass is 32.1. The van der Waals surface area contributed by atoms with Gasteiger partial charge in [-0.2, -0.15) is 0 Å². The minimum absolute atomic E-state index is 0.0162. The van der Waals surface area contributed by atoms with Gasteiger partial charge in [-0.3, -0.25) is 14.5 Å². The second kappa shape index (κ2) is 7.42. The topological polar surface area (TPSA) is 61.9 Å². The minimum atomic E-state index is -0.221. The average molecular weight is 337 g/mol. The predicted molar refractivity (Wildman–Crippen MR) is 88.2 cm³/mol. The average Bonchev–Trinajstić information content (AvgIpc) is 3.19.